The highest BCUT2D eigenvalue weighted by molar-refractivity contribution is 6.02. The lowest BCUT2D eigenvalue weighted by molar-refractivity contribution is -0.274. The van der Waals surface area contributed by atoms with Gasteiger partial charge in [-0.15, -0.1) is 13.2 Å². The van der Waals surface area contributed by atoms with Gasteiger partial charge >= 0.3 is 12.3 Å². The molecule has 0 aliphatic carbocycles. The van der Waals surface area contributed by atoms with Crippen LogP contribution in [0.2, 0.25) is 0 Å². The van der Waals surface area contributed by atoms with E-state index in [-0.39, 0.29) is 5.69 Å². The number of rotatable bonds is 4. The van der Waals surface area contributed by atoms with Crippen LogP contribution in [0, 0.1) is 0 Å². The molecule has 8 heteroatoms. The van der Waals surface area contributed by atoms with Crippen molar-refractivity contribution >= 4 is 17.6 Å². The van der Waals surface area contributed by atoms with Gasteiger partial charge in [0.15, 0.2) is 0 Å². The number of aliphatic carboxylic acids is 1. The van der Waals surface area contributed by atoms with Crippen LogP contribution in [0.3, 0.4) is 0 Å². The molecule has 1 aromatic carbocycles. The van der Waals surface area contributed by atoms with E-state index in [4.69, 9.17) is 5.11 Å². The normalized spacial score (nSPS) is 11.3. The fourth-order valence-electron chi connectivity index (χ4n) is 1.10. The first-order chi connectivity index (χ1) is 8.76. The van der Waals surface area contributed by atoms with E-state index in [1.54, 1.807) is 0 Å². The lowest BCUT2D eigenvalue weighted by Crippen LogP contribution is -2.17. The number of carbonyl (C=O) groups excluding carboxylic acids is 1. The molecule has 0 heterocycles. The van der Waals surface area contributed by atoms with Crippen molar-refractivity contribution in [1.29, 1.82) is 0 Å². The minimum Gasteiger partial charge on any atom is -0.478 e. The summed E-state index contributed by atoms with van der Waals surface area (Å²) < 4.78 is 39.5. The first-order valence-electron chi connectivity index (χ1n) is 4.84. The average molecular weight is 275 g/mol. The van der Waals surface area contributed by atoms with Crippen molar-refractivity contribution in [2.45, 2.75) is 6.36 Å². The van der Waals surface area contributed by atoms with Crippen LogP contribution in [0.15, 0.2) is 36.4 Å². The van der Waals surface area contributed by atoms with Gasteiger partial charge in [0, 0.05) is 23.9 Å². The molecule has 102 valence electrons. The third-order valence-corrected chi connectivity index (χ3v) is 1.71. The number of ether oxygens (including phenoxy) is 1. The maximum Gasteiger partial charge on any atom is 0.573 e. The van der Waals surface area contributed by atoms with Crippen LogP contribution in [-0.4, -0.2) is 23.3 Å². The van der Waals surface area contributed by atoms with Crippen molar-refractivity contribution in [2.75, 3.05) is 5.32 Å². The molecule has 1 aromatic rings. The maximum absolute atomic E-state index is 12.0. The van der Waals surface area contributed by atoms with Gasteiger partial charge in [-0.3, -0.25) is 4.79 Å². The van der Waals surface area contributed by atoms with E-state index in [9.17, 15) is 22.8 Å². The number of alkyl halides is 3. The van der Waals surface area contributed by atoms with Crippen LogP contribution in [0.5, 0.6) is 5.75 Å². The Morgan fingerprint density at radius 3 is 2.53 bits per heavy atom. The zero-order valence-corrected chi connectivity index (χ0v) is 9.27. The van der Waals surface area contributed by atoms with Crippen molar-refractivity contribution in [3.8, 4) is 5.75 Å². The summed E-state index contributed by atoms with van der Waals surface area (Å²) in [5, 5.41) is 10.5. The molecule has 0 radical (unpaired) electrons. The number of hydrogen-bond acceptors (Lipinski definition) is 3. The van der Waals surface area contributed by atoms with Crippen molar-refractivity contribution in [3.63, 3.8) is 0 Å². The topological polar surface area (TPSA) is 75.6 Å². The fourth-order valence-corrected chi connectivity index (χ4v) is 1.10. The van der Waals surface area contributed by atoms with Crippen LogP contribution in [0.1, 0.15) is 0 Å². The number of hydrogen-bond donors (Lipinski definition) is 2. The van der Waals surface area contributed by atoms with E-state index < -0.39 is 24.0 Å². The van der Waals surface area contributed by atoms with Crippen molar-refractivity contribution in [1.82, 2.24) is 0 Å². The maximum atomic E-state index is 12.0. The van der Waals surface area contributed by atoms with E-state index in [1.807, 2.05) is 0 Å². The Hall–Kier alpha value is -2.51. The van der Waals surface area contributed by atoms with Gasteiger partial charge in [-0.2, -0.15) is 0 Å². The lowest BCUT2D eigenvalue weighted by Gasteiger charge is -2.10. The van der Waals surface area contributed by atoms with Gasteiger partial charge in [-0.25, -0.2) is 4.79 Å². The van der Waals surface area contributed by atoms with Crippen LogP contribution in [0.4, 0.5) is 18.9 Å². The Labute approximate surface area is 105 Å². The third kappa shape index (κ3) is 6.10. The summed E-state index contributed by atoms with van der Waals surface area (Å²) in [5.74, 6) is -2.59. The van der Waals surface area contributed by atoms with E-state index in [2.05, 4.69) is 10.1 Å². The molecule has 0 aliphatic rings. The second-order valence-electron chi connectivity index (χ2n) is 3.24. The van der Waals surface area contributed by atoms with Crippen molar-refractivity contribution in [3.05, 3.63) is 36.4 Å². The van der Waals surface area contributed by atoms with Crippen LogP contribution in [-0.2, 0) is 9.59 Å². The van der Waals surface area contributed by atoms with Crippen molar-refractivity contribution < 1.29 is 32.6 Å². The Morgan fingerprint density at radius 2 is 1.95 bits per heavy atom. The Balaban J connectivity index is 2.72. The number of carboxylic acid groups (broad SMARTS) is 1. The SMILES string of the molecule is O=C(O)/C=C/C(=O)Nc1cccc(OC(F)(F)F)c1. The van der Waals surface area contributed by atoms with Gasteiger partial charge in [-0.05, 0) is 12.1 Å². The summed E-state index contributed by atoms with van der Waals surface area (Å²) in [7, 11) is 0. The Bertz CT molecular complexity index is 511. The van der Waals surface area contributed by atoms with E-state index >= 15 is 0 Å². The first-order valence-corrected chi connectivity index (χ1v) is 4.84. The first kappa shape index (κ1) is 14.6. The highest BCUT2D eigenvalue weighted by atomic mass is 19.4. The molecular weight excluding hydrogens is 267 g/mol. The van der Waals surface area contributed by atoms with Crippen molar-refractivity contribution in [2.24, 2.45) is 0 Å². The predicted octanol–water partition coefficient (Wildman–Crippen LogP) is 2.16. The molecule has 0 bridgehead atoms. The van der Waals surface area contributed by atoms with Gasteiger partial charge in [0.25, 0.3) is 0 Å². The van der Waals surface area contributed by atoms with E-state index in [0.717, 1.165) is 18.2 Å². The molecule has 0 fully saturated rings. The lowest BCUT2D eigenvalue weighted by atomic mass is 10.3. The highest BCUT2D eigenvalue weighted by Crippen LogP contribution is 2.24. The largest absolute Gasteiger partial charge is 0.573 e. The molecule has 0 unspecified atom stereocenters. The van der Waals surface area contributed by atoms with Crippen LogP contribution >= 0.6 is 0 Å². The molecular formula is C11H8F3NO4. The van der Waals surface area contributed by atoms with Gasteiger partial charge in [-0.1, -0.05) is 6.07 Å². The molecule has 2 N–H and O–H groups in total. The number of halogens is 3. The zero-order chi connectivity index (χ0) is 14.5. The number of carbonyl (C=O) groups is 2. The number of anilines is 1. The van der Waals surface area contributed by atoms with Crippen LogP contribution in [0.25, 0.3) is 0 Å². The minimum atomic E-state index is -4.83. The Kier molecular flexibility index (Phi) is 4.51. The molecule has 1 amide bonds. The molecule has 0 aliphatic heterocycles. The zero-order valence-electron chi connectivity index (χ0n) is 9.27. The Morgan fingerprint density at radius 1 is 1.26 bits per heavy atom. The monoisotopic (exact) mass is 275 g/mol. The van der Waals surface area contributed by atoms with Crippen LogP contribution < -0.4 is 10.1 Å². The summed E-state index contributed by atoms with van der Waals surface area (Å²) in [6.07, 6.45) is -3.49. The van der Waals surface area contributed by atoms with E-state index in [0.29, 0.717) is 6.08 Å². The summed E-state index contributed by atoms with van der Waals surface area (Å²) in [4.78, 5) is 21.3. The second kappa shape index (κ2) is 5.89. The van der Waals surface area contributed by atoms with Gasteiger partial charge in [0.1, 0.15) is 5.75 Å². The predicted molar refractivity (Wildman–Crippen MR) is 58.5 cm³/mol. The quantitative estimate of drug-likeness (QED) is 0.826. The molecule has 0 saturated heterocycles. The molecule has 5 nitrogen and oxygen atoms in total. The molecule has 0 spiro atoms. The van der Waals surface area contributed by atoms with Gasteiger partial charge < -0.3 is 15.2 Å². The molecule has 0 aromatic heterocycles. The van der Waals surface area contributed by atoms with Gasteiger partial charge in [0.05, 0.1) is 0 Å². The number of nitrogens with one attached hydrogen (secondary N) is 1. The smallest absolute Gasteiger partial charge is 0.478 e. The average Bonchev–Trinajstić information content (AvgIpc) is 2.24. The fraction of sp³-hybridized carbons (Fsp3) is 0.0909. The summed E-state index contributed by atoms with van der Waals surface area (Å²) in [5.41, 5.74) is 0.0433. The second-order valence-corrected chi connectivity index (χ2v) is 3.24. The standard InChI is InChI=1S/C11H8F3NO4/c12-11(13,14)19-8-3-1-2-7(6-8)15-9(16)4-5-10(17)18/h1-6H,(H,15,16)(H,17,18)/b5-4+. The summed E-state index contributed by atoms with van der Waals surface area (Å²) in [6.45, 7) is 0. The molecule has 0 saturated carbocycles. The number of benzene rings is 1. The molecule has 1 rings (SSSR count). The van der Waals surface area contributed by atoms with E-state index in [1.165, 1.54) is 12.1 Å². The third-order valence-electron chi connectivity index (χ3n) is 1.71. The highest BCUT2D eigenvalue weighted by Gasteiger charge is 2.31. The summed E-state index contributed by atoms with van der Waals surface area (Å²) in [6, 6.07) is 4.60. The van der Waals surface area contributed by atoms with Gasteiger partial charge in [0.2, 0.25) is 5.91 Å². The number of carboxylic acids is 1. The number of amides is 1. The minimum absolute atomic E-state index is 0.0433. The molecule has 19 heavy (non-hydrogen) atoms. The summed E-state index contributed by atoms with van der Waals surface area (Å²) >= 11 is 0. The molecule has 0 atom stereocenters.